The van der Waals surface area contributed by atoms with Gasteiger partial charge in [0.15, 0.2) is 6.04 Å². The van der Waals surface area contributed by atoms with Crippen LogP contribution in [-0.4, -0.2) is 40.1 Å². The minimum Gasteiger partial charge on any atom is -0.480 e. The largest absolute Gasteiger partial charge is 0.480 e. The molecule has 2 unspecified atom stereocenters. The number of carboxylic acids is 1. The van der Waals surface area contributed by atoms with Crippen LogP contribution in [0.1, 0.15) is 27.6 Å². The van der Waals surface area contributed by atoms with E-state index in [1.807, 2.05) is 0 Å². The molecule has 19 heavy (non-hydrogen) atoms. The Labute approximate surface area is 109 Å². The molecular weight excluding hydrogens is 252 g/mol. The average molecular weight is 266 g/mol. The summed E-state index contributed by atoms with van der Waals surface area (Å²) in [7, 11) is 0. The number of hydrogen-bond acceptors (Lipinski definition) is 4. The Hall–Kier alpha value is -2.41. The van der Waals surface area contributed by atoms with Gasteiger partial charge in [-0.25, -0.2) is 4.79 Å². The minimum atomic E-state index is -1.43. The number of primary amides is 1. The fourth-order valence-corrected chi connectivity index (χ4v) is 1.43. The van der Waals surface area contributed by atoms with Crippen molar-refractivity contribution in [3.05, 3.63) is 35.4 Å². The Morgan fingerprint density at radius 3 is 2.32 bits per heavy atom. The van der Waals surface area contributed by atoms with Crippen molar-refractivity contribution < 1.29 is 24.6 Å². The number of hydrogen-bond donors (Lipinski definition) is 4. The Kier molecular flexibility index (Phi) is 4.60. The van der Waals surface area contributed by atoms with Gasteiger partial charge in [0, 0.05) is 11.1 Å². The lowest BCUT2D eigenvalue weighted by molar-refractivity contribution is -0.141. The standard InChI is InChI=1S/C12H14N2O5/c1-6(15)9(12(18)19)14-11(17)8-4-2-3-7(5-8)10(13)16/h2-6,9,15H,1H3,(H2,13,16)(H,14,17)(H,18,19). The number of benzene rings is 1. The topological polar surface area (TPSA) is 130 Å². The summed E-state index contributed by atoms with van der Waals surface area (Å²) in [4.78, 5) is 33.6. The fourth-order valence-electron chi connectivity index (χ4n) is 1.43. The molecule has 5 N–H and O–H groups in total. The van der Waals surface area contributed by atoms with Crippen LogP contribution in [-0.2, 0) is 4.79 Å². The van der Waals surface area contributed by atoms with Gasteiger partial charge in [-0.05, 0) is 25.1 Å². The van der Waals surface area contributed by atoms with Crippen LogP contribution in [0, 0.1) is 0 Å². The van der Waals surface area contributed by atoms with Crippen molar-refractivity contribution in [1.82, 2.24) is 5.32 Å². The van der Waals surface area contributed by atoms with Crippen molar-refractivity contribution in [2.75, 3.05) is 0 Å². The molecule has 0 saturated heterocycles. The van der Waals surface area contributed by atoms with Crippen LogP contribution in [0.5, 0.6) is 0 Å². The molecule has 2 amide bonds. The quantitative estimate of drug-likeness (QED) is 0.562. The lowest BCUT2D eigenvalue weighted by Gasteiger charge is -2.17. The van der Waals surface area contributed by atoms with Crippen molar-refractivity contribution in [3.8, 4) is 0 Å². The average Bonchev–Trinajstić information content (AvgIpc) is 2.34. The highest BCUT2D eigenvalue weighted by Crippen LogP contribution is 2.06. The summed E-state index contributed by atoms with van der Waals surface area (Å²) in [5.41, 5.74) is 5.30. The van der Waals surface area contributed by atoms with E-state index in [4.69, 9.17) is 10.8 Å². The van der Waals surface area contributed by atoms with Gasteiger partial charge in [-0.2, -0.15) is 0 Å². The van der Waals surface area contributed by atoms with Gasteiger partial charge in [-0.3, -0.25) is 9.59 Å². The number of aliphatic hydroxyl groups excluding tert-OH is 1. The van der Waals surface area contributed by atoms with Crippen LogP contribution in [0.25, 0.3) is 0 Å². The molecule has 102 valence electrons. The highest BCUT2D eigenvalue weighted by Gasteiger charge is 2.25. The van der Waals surface area contributed by atoms with Crippen molar-refractivity contribution in [1.29, 1.82) is 0 Å². The molecule has 0 radical (unpaired) electrons. The zero-order valence-electron chi connectivity index (χ0n) is 10.2. The molecular formula is C12H14N2O5. The van der Waals surface area contributed by atoms with Gasteiger partial charge >= 0.3 is 5.97 Å². The van der Waals surface area contributed by atoms with Gasteiger partial charge < -0.3 is 21.3 Å². The van der Waals surface area contributed by atoms with Gasteiger partial charge in [0.25, 0.3) is 5.91 Å². The number of aliphatic hydroxyl groups is 1. The summed E-state index contributed by atoms with van der Waals surface area (Å²) in [6, 6.07) is 4.11. The van der Waals surface area contributed by atoms with E-state index in [9.17, 15) is 19.5 Å². The number of amides is 2. The lowest BCUT2D eigenvalue weighted by atomic mass is 10.1. The maximum Gasteiger partial charge on any atom is 0.328 e. The number of carbonyl (C=O) groups excluding carboxylic acids is 2. The zero-order valence-corrected chi connectivity index (χ0v) is 10.2. The second kappa shape index (κ2) is 5.96. The molecule has 0 saturated carbocycles. The van der Waals surface area contributed by atoms with Crippen molar-refractivity contribution >= 4 is 17.8 Å². The fraction of sp³-hybridized carbons (Fsp3) is 0.250. The van der Waals surface area contributed by atoms with Gasteiger partial charge in [-0.1, -0.05) is 6.07 Å². The molecule has 2 atom stereocenters. The first-order valence-corrected chi connectivity index (χ1v) is 5.44. The SMILES string of the molecule is CC(O)C(NC(=O)c1cccc(C(N)=O)c1)C(=O)O. The predicted octanol–water partition coefficient (Wildman–Crippen LogP) is -0.651. The monoisotopic (exact) mass is 266 g/mol. The molecule has 0 bridgehead atoms. The number of carbonyl (C=O) groups is 3. The molecule has 1 aromatic rings. The Morgan fingerprint density at radius 1 is 1.26 bits per heavy atom. The van der Waals surface area contributed by atoms with Crippen LogP contribution in [0.4, 0.5) is 0 Å². The first-order valence-electron chi connectivity index (χ1n) is 5.44. The zero-order chi connectivity index (χ0) is 14.6. The highest BCUT2D eigenvalue weighted by molar-refractivity contribution is 6.00. The van der Waals surface area contributed by atoms with Gasteiger partial charge in [0.2, 0.25) is 5.91 Å². The van der Waals surface area contributed by atoms with Gasteiger partial charge in [0.1, 0.15) is 0 Å². The molecule has 1 rings (SSSR count). The normalized spacial score (nSPS) is 13.4. The van der Waals surface area contributed by atoms with E-state index in [1.54, 1.807) is 0 Å². The Morgan fingerprint density at radius 2 is 1.84 bits per heavy atom. The van der Waals surface area contributed by atoms with Crippen molar-refractivity contribution in [2.45, 2.75) is 19.1 Å². The third kappa shape index (κ3) is 3.78. The summed E-state index contributed by atoms with van der Waals surface area (Å²) >= 11 is 0. The smallest absolute Gasteiger partial charge is 0.328 e. The third-order valence-electron chi connectivity index (χ3n) is 2.44. The van der Waals surface area contributed by atoms with Crippen LogP contribution < -0.4 is 11.1 Å². The van der Waals surface area contributed by atoms with E-state index in [2.05, 4.69) is 5.32 Å². The summed E-state index contributed by atoms with van der Waals surface area (Å²) < 4.78 is 0. The maximum atomic E-state index is 11.8. The predicted molar refractivity (Wildman–Crippen MR) is 65.5 cm³/mol. The highest BCUT2D eigenvalue weighted by atomic mass is 16.4. The molecule has 0 aromatic heterocycles. The molecule has 7 heteroatoms. The van der Waals surface area contributed by atoms with Gasteiger partial charge in [-0.15, -0.1) is 0 Å². The molecule has 1 aromatic carbocycles. The van der Waals surface area contributed by atoms with E-state index in [0.29, 0.717) is 0 Å². The minimum absolute atomic E-state index is 0.0863. The molecule has 0 fully saturated rings. The third-order valence-corrected chi connectivity index (χ3v) is 2.44. The number of nitrogens with two attached hydrogens (primary N) is 1. The first-order chi connectivity index (χ1) is 8.82. The van der Waals surface area contributed by atoms with E-state index in [1.165, 1.54) is 31.2 Å². The van der Waals surface area contributed by atoms with E-state index < -0.39 is 29.9 Å². The van der Waals surface area contributed by atoms with Crippen LogP contribution in [0.3, 0.4) is 0 Å². The number of nitrogens with one attached hydrogen (secondary N) is 1. The van der Waals surface area contributed by atoms with Crippen molar-refractivity contribution in [3.63, 3.8) is 0 Å². The first kappa shape index (κ1) is 14.7. The van der Waals surface area contributed by atoms with E-state index >= 15 is 0 Å². The number of aliphatic carboxylic acids is 1. The lowest BCUT2D eigenvalue weighted by Crippen LogP contribution is -2.47. The van der Waals surface area contributed by atoms with Gasteiger partial charge in [0.05, 0.1) is 6.10 Å². The molecule has 7 nitrogen and oxygen atoms in total. The maximum absolute atomic E-state index is 11.8. The number of carboxylic acid groups (broad SMARTS) is 1. The molecule has 0 aliphatic rings. The molecule has 0 aliphatic heterocycles. The van der Waals surface area contributed by atoms with Crippen LogP contribution in [0.15, 0.2) is 24.3 Å². The number of rotatable bonds is 5. The van der Waals surface area contributed by atoms with Crippen LogP contribution in [0.2, 0.25) is 0 Å². The molecule has 0 heterocycles. The summed E-state index contributed by atoms with van der Waals surface area (Å²) in [5.74, 6) is -2.76. The van der Waals surface area contributed by atoms with Crippen molar-refractivity contribution in [2.24, 2.45) is 5.73 Å². The second-order valence-electron chi connectivity index (χ2n) is 3.98. The van der Waals surface area contributed by atoms with E-state index in [0.717, 1.165) is 0 Å². The Bertz CT molecular complexity index is 513. The second-order valence-corrected chi connectivity index (χ2v) is 3.98. The molecule has 0 spiro atoms. The molecule has 0 aliphatic carbocycles. The Balaban J connectivity index is 2.91. The summed E-state index contributed by atoms with van der Waals surface area (Å²) in [6.45, 7) is 1.25. The summed E-state index contributed by atoms with van der Waals surface area (Å²) in [6.07, 6.45) is -1.25. The van der Waals surface area contributed by atoms with E-state index in [-0.39, 0.29) is 11.1 Å². The summed E-state index contributed by atoms with van der Waals surface area (Å²) in [5, 5.41) is 20.2. The van der Waals surface area contributed by atoms with Crippen LogP contribution >= 0.6 is 0 Å².